The maximum Gasteiger partial charge on any atom is 0.272 e. The van der Waals surface area contributed by atoms with Gasteiger partial charge in [0.2, 0.25) is 0 Å². The SMILES string of the molecule is COCc1ccccc1CNC(=O)c1n[nH]c(=O)c2ccccc12. The summed E-state index contributed by atoms with van der Waals surface area (Å²) in [6, 6.07) is 14.6. The van der Waals surface area contributed by atoms with E-state index in [-0.39, 0.29) is 17.2 Å². The molecule has 0 aliphatic heterocycles. The smallest absolute Gasteiger partial charge is 0.272 e. The van der Waals surface area contributed by atoms with E-state index in [1.54, 1.807) is 31.4 Å². The minimum atomic E-state index is -0.338. The fraction of sp³-hybridized carbons (Fsp3) is 0.167. The van der Waals surface area contributed by atoms with Gasteiger partial charge >= 0.3 is 0 Å². The van der Waals surface area contributed by atoms with Gasteiger partial charge in [0, 0.05) is 19.0 Å². The monoisotopic (exact) mass is 323 g/mol. The first-order valence-corrected chi connectivity index (χ1v) is 7.52. The van der Waals surface area contributed by atoms with E-state index in [1.807, 2.05) is 24.3 Å². The minimum absolute atomic E-state index is 0.203. The van der Waals surface area contributed by atoms with Crippen molar-refractivity contribution in [1.29, 1.82) is 0 Å². The van der Waals surface area contributed by atoms with Gasteiger partial charge in [-0.05, 0) is 17.2 Å². The summed E-state index contributed by atoms with van der Waals surface area (Å²) in [5, 5.41) is 10.1. The molecule has 0 unspecified atom stereocenters. The second kappa shape index (κ2) is 7.06. The normalized spacial score (nSPS) is 10.7. The first kappa shape index (κ1) is 15.9. The van der Waals surface area contributed by atoms with Crippen molar-refractivity contribution in [2.24, 2.45) is 0 Å². The van der Waals surface area contributed by atoms with E-state index in [0.29, 0.717) is 23.9 Å². The van der Waals surface area contributed by atoms with Crippen molar-refractivity contribution in [3.63, 3.8) is 0 Å². The number of aromatic nitrogens is 2. The van der Waals surface area contributed by atoms with Gasteiger partial charge in [0.25, 0.3) is 11.5 Å². The summed E-state index contributed by atoms with van der Waals surface area (Å²) in [5.74, 6) is -0.338. The van der Waals surface area contributed by atoms with Crippen molar-refractivity contribution in [3.05, 3.63) is 75.7 Å². The molecule has 0 saturated carbocycles. The molecule has 0 fully saturated rings. The first-order valence-electron chi connectivity index (χ1n) is 7.52. The Morgan fingerprint density at radius 3 is 2.50 bits per heavy atom. The molecule has 6 nitrogen and oxygen atoms in total. The number of nitrogens with one attached hydrogen (secondary N) is 2. The second-order valence-corrected chi connectivity index (χ2v) is 5.33. The van der Waals surface area contributed by atoms with Crippen LogP contribution in [0.3, 0.4) is 0 Å². The summed E-state index contributed by atoms with van der Waals surface area (Å²) in [4.78, 5) is 24.3. The number of methoxy groups -OCH3 is 1. The largest absolute Gasteiger partial charge is 0.380 e. The predicted molar refractivity (Wildman–Crippen MR) is 90.7 cm³/mol. The Hall–Kier alpha value is -2.99. The topological polar surface area (TPSA) is 84.1 Å². The zero-order chi connectivity index (χ0) is 16.9. The number of fused-ring (bicyclic) bond motifs is 1. The average molecular weight is 323 g/mol. The maximum atomic E-state index is 12.5. The Kier molecular flexibility index (Phi) is 4.67. The molecular weight excluding hydrogens is 306 g/mol. The average Bonchev–Trinajstić information content (AvgIpc) is 2.61. The first-order chi connectivity index (χ1) is 11.7. The molecule has 2 N–H and O–H groups in total. The Labute approximate surface area is 138 Å². The fourth-order valence-electron chi connectivity index (χ4n) is 2.57. The van der Waals surface area contributed by atoms with E-state index < -0.39 is 0 Å². The molecule has 0 radical (unpaired) electrons. The molecule has 1 aromatic heterocycles. The number of carbonyl (C=O) groups excluding carboxylic acids is 1. The number of H-pyrrole nitrogens is 1. The van der Waals surface area contributed by atoms with E-state index >= 15 is 0 Å². The molecule has 122 valence electrons. The molecule has 2 aromatic carbocycles. The lowest BCUT2D eigenvalue weighted by atomic mass is 10.1. The third-order valence-electron chi connectivity index (χ3n) is 3.77. The fourth-order valence-corrected chi connectivity index (χ4v) is 2.57. The van der Waals surface area contributed by atoms with Crippen LogP contribution in [0.15, 0.2) is 53.3 Å². The van der Waals surface area contributed by atoms with Crippen LogP contribution >= 0.6 is 0 Å². The molecule has 6 heteroatoms. The van der Waals surface area contributed by atoms with Gasteiger partial charge < -0.3 is 10.1 Å². The standard InChI is InChI=1S/C18H17N3O3/c1-24-11-13-7-3-2-6-12(13)10-19-18(23)16-14-8-4-5-9-15(14)17(22)21-20-16/h2-9H,10-11H2,1H3,(H,19,23)(H,21,22). The van der Waals surface area contributed by atoms with Crippen molar-refractivity contribution >= 4 is 16.7 Å². The van der Waals surface area contributed by atoms with Crippen LogP contribution in [0.5, 0.6) is 0 Å². The van der Waals surface area contributed by atoms with Gasteiger partial charge in [-0.2, -0.15) is 5.10 Å². The van der Waals surface area contributed by atoms with Crippen molar-refractivity contribution in [2.75, 3.05) is 7.11 Å². The van der Waals surface area contributed by atoms with Crippen LogP contribution < -0.4 is 10.9 Å². The quantitative estimate of drug-likeness (QED) is 0.752. The van der Waals surface area contributed by atoms with Gasteiger partial charge in [-0.15, -0.1) is 0 Å². The highest BCUT2D eigenvalue weighted by molar-refractivity contribution is 6.04. The van der Waals surface area contributed by atoms with Gasteiger partial charge in [0.1, 0.15) is 0 Å². The van der Waals surface area contributed by atoms with Crippen LogP contribution in [0, 0.1) is 0 Å². The molecule has 0 saturated heterocycles. The van der Waals surface area contributed by atoms with Crippen LogP contribution in [-0.2, 0) is 17.9 Å². The third kappa shape index (κ3) is 3.18. The molecule has 3 aromatic rings. The number of ether oxygens (including phenoxy) is 1. The van der Waals surface area contributed by atoms with Crippen LogP contribution in [0.25, 0.3) is 10.8 Å². The van der Waals surface area contributed by atoms with Gasteiger partial charge in [0.05, 0.1) is 12.0 Å². The molecule has 0 bridgehead atoms. The number of rotatable bonds is 5. The number of benzene rings is 2. The van der Waals surface area contributed by atoms with Gasteiger partial charge in [-0.1, -0.05) is 42.5 Å². The number of hydrogen-bond acceptors (Lipinski definition) is 4. The molecule has 1 heterocycles. The molecule has 0 aliphatic carbocycles. The second-order valence-electron chi connectivity index (χ2n) is 5.33. The predicted octanol–water partition coefficient (Wildman–Crippen LogP) is 2.00. The summed E-state index contributed by atoms with van der Waals surface area (Å²) < 4.78 is 5.17. The van der Waals surface area contributed by atoms with Crippen molar-refractivity contribution in [3.8, 4) is 0 Å². The van der Waals surface area contributed by atoms with Crippen LogP contribution in [0.1, 0.15) is 21.6 Å². The number of nitrogens with zero attached hydrogens (tertiary/aromatic N) is 1. The molecule has 0 atom stereocenters. The third-order valence-corrected chi connectivity index (χ3v) is 3.77. The zero-order valence-electron chi connectivity index (χ0n) is 13.2. The highest BCUT2D eigenvalue weighted by Gasteiger charge is 2.14. The Balaban J connectivity index is 1.84. The summed E-state index contributed by atoms with van der Waals surface area (Å²) in [5.41, 5.74) is 1.88. The van der Waals surface area contributed by atoms with Crippen molar-refractivity contribution < 1.29 is 9.53 Å². The van der Waals surface area contributed by atoms with Crippen molar-refractivity contribution in [1.82, 2.24) is 15.5 Å². The lowest BCUT2D eigenvalue weighted by Gasteiger charge is -2.10. The summed E-state index contributed by atoms with van der Waals surface area (Å²) in [6.07, 6.45) is 0. The van der Waals surface area contributed by atoms with E-state index in [2.05, 4.69) is 15.5 Å². The van der Waals surface area contributed by atoms with Gasteiger partial charge in [-0.25, -0.2) is 5.10 Å². The summed E-state index contributed by atoms with van der Waals surface area (Å²) in [7, 11) is 1.63. The van der Waals surface area contributed by atoms with E-state index in [0.717, 1.165) is 11.1 Å². The number of hydrogen-bond donors (Lipinski definition) is 2. The van der Waals surface area contributed by atoms with E-state index in [9.17, 15) is 9.59 Å². The summed E-state index contributed by atoms with van der Waals surface area (Å²) >= 11 is 0. The van der Waals surface area contributed by atoms with Crippen LogP contribution in [0.2, 0.25) is 0 Å². The lowest BCUT2D eigenvalue weighted by Crippen LogP contribution is -2.26. The van der Waals surface area contributed by atoms with Crippen molar-refractivity contribution in [2.45, 2.75) is 13.2 Å². The van der Waals surface area contributed by atoms with Crippen LogP contribution in [0.4, 0.5) is 0 Å². The molecule has 1 amide bonds. The van der Waals surface area contributed by atoms with Gasteiger partial charge in [0.15, 0.2) is 5.69 Å². The van der Waals surface area contributed by atoms with E-state index in [4.69, 9.17) is 4.74 Å². The Morgan fingerprint density at radius 2 is 1.75 bits per heavy atom. The number of carbonyl (C=O) groups is 1. The Bertz CT molecular complexity index is 934. The molecular formula is C18H17N3O3. The maximum absolute atomic E-state index is 12.5. The van der Waals surface area contributed by atoms with E-state index in [1.165, 1.54) is 0 Å². The molecule has 24 heavy (non-hydrogen) atoms. The highest BCUT2D eigenvalue weighted by atomic mass is 16.5. The number of aromatic amines is 1. The molecule has 0 spiro atoms. The van der Waals surface area contributed by atoms with Gasteiger partial charge in [-0.3, -0.25) is 9.59 Å². The lowest BCUT2D eigenvalue weighted by molar-refractivity contribution is 0.0946. The Morgan fingerprint density at radius 1 is 1.08 bits per heavy atom. The zero-order valence-corrected chi connectivity index (χ0v) is 13.2. The molecule has 3 rings (SSSR count). The highest BCUT2D eigenvalue weighted by Crippen LogP contribution is 2.13. The summed E-state index contributed by atoms with van der Waals surface area (Å²) in [6.45, 7) is 0.833. The molecule has 0 aliphatic rings. The number of amides is 1. The van der Waals surface area contributed by atoms with Crippen LogP contribution in [-0.4, -0.2) is 23.2 Å². The minimum Gasteiger partial charge on any atom is -0.380 e.